The van der Waals surface area contributed by atoms with Crippen LogP contribution in [0.1, 0.15) is 26.3 Å². The Balaban J connectivity index is 1.36. The molecule has 0 fully saturated rings. The first-order chi connectivity index (χ1) is 19.7. The summed E-state index contributed by atoms with van der Waals surface area (Å²) < 4.78 is 2.20. The molecule has 0 radical (unpaired) electrons. The predicted molar refractivity (Wildman–Crippen MR) is 160 cm³/mol. The van der Waals surface area contributed by atoms with Crippen molar-refractivity contribution in [3.05, 3.63) is 148 Å². The molecule has 0 saturated carbocycles. The summed E-state index contributed by atoms with van der Waals surface area (Å²) in [6.07, 6.45) is 0. The van der Waals surface area contributed by atoms with E-state index in [0.29, 0.717) is 23.4 Å². The van der Waals surface area contributed by atoms with Crippen LogP contribution in [0.25, 0.3) is 22.0 Å². The van der Waals surface area contributed by atoms with E-state index in [1.165, 1.54) is 4.90 Å². The van der Waals surface area contributed by atoms with E-state index in [1.54, 1.807) is 41.7 Å². The number of thiazole rings is 1. The molecule has 0 saturated heterocycles. The summed E-state index contributed by atoms with van der Waals surface area (Å²) in [5.74, 6) is -0.598. The van der Waals surface area contributed by atoms with E-state index < -0.39 is 0 Å². The van der Waals surface area contributed by atoms with Crippen LogP contribution in [0.2, 0.25) is 0 Å². The number of aromatic nitrogens is 1. The molecule has 192 valence electrons. The maximum atomic E-state index is 13.2. The van der Waals surface area contributed by atoms with Crippen LogP contribution < -0.4 is 9.70 Å². The first kappa shape index (κ1) is 24.0. The van der Waals surface area contributed by atoms with Crippen LogP contribution in [0.4, 0.5) is 11.4 Å². The van der Waals surface area contributed by atoms with Gasteiger partial charge in [0.15, 0.2) is 4.80 Å². The first-order valence-electron chi connectivity index (χ1n) is 13.0. The molecule has 0 N–H and O–H groups in total. The highest BCUT2D eigenvalue weighted by Crippen LogP contribution is 2.32. The summed E-state index contributed by atoms with van der Waals surface area (Å²) >= 11 is 1.57. The average Bonchev–Trinajstić information content (AvgIpc) is 3.51. The molecule has 5 nitrogen and oxygen atoms in total. The quantitative estimate of drug-likeness (QED) is 0.215. The molecule has 0 bridgehead atoms. The third kappa shape index (κ3) is 4.15. The van der Waals surface area contributed by atoms with Crippen molar-refractivity contribution in [3.8, 4) is 11.3 Å². The largest absolute Gasteiger partial charge is 0.312 e. The summed E-state index contributed by atoms with van der Waals surface area (Å²) in [7, 11) is 0. The van der Waals surface area contributed by atoms with Gasteiger partial charge in [0.25, 0.3) is 11.8 Å². The van der Waals surface area contributed by atoms with Gasteiger partial charge in [-0.3, -0.25) is 9.59 Å². The number of fused-ring (bicyclic) bond motifs is 2. The fourth-order valence-electron chi connectivity index (χ4n) is 5.21. The van der Waals surface area contributed by atoms with Gasteiger partial charge in [0.1, 0.15) is 0 Å². The molecule has 0 spiro atoms. The van der Waals surface area contributed by atoms with E-state index in [4.69, 9.17) is 4.99 Å². The Morgan fingerprint density at radius 3 is 2.15 bits per heavy atom. The predicted octanol–water partition coefficient (Wildman–Crippen LogP) is 7.45. The van der Waals surface area contributed by atoms with Gasteiger partial charge in [-0.15, -0.1) is 11.3 Å². The molecule has 0 atom stereocenters. The maximum Gasteiger partial charge on any atom is 0.266 e. The molecule has 5 aromatic carbocycles. The van der Waals surface area contributed by atoms with Crippen LogP contribution >= 0.6 is 11.3 Å². The van der Waals surface area contributed by atoms with Gasteiger partial charge in [-0.1, -0.05) is 91.0 Å². The maximum absolute atomic E-state index is 13.2. The van der Waals surface area contributed by atoms with Gasteiger partial charge in [-0.05, 0) is 41.3 Å². The van der Waals surface area contributed by atoms with Crippen molar-refractivity contribution in [2.45, 2.75) is 6.54 Å². The van der Waals surface area contributed by atoms with Gasteiger partial charge < -0.3 is 4.57 Å². The second-order valence-electron chi connectivity index (χ2n) is 9.63. The Morgan fingerprint density at radius 1 is 0.675 bits per heavy atom. The van der Waals surface area contributed by atoms with E-state index in [1.807, 2.05) is 60.7 Å². The number of carbonyl (C=O) groups is 2. The average molecular weight is 538 g/mol. The second-order valence-corrected chi connectivity index (χ2v) is 10.5. The lowest BCUT2D eigenvalue weighted by Crippen LogP contribution is -2.29. The molecular weight excluding hydrogens is 514 g/mol. The molecule has 0 unspecified atom stereocenters. The monoisotopic (exact) mass is 537 g/mol. The smallest absolute Gasteiger partial charge is 0.266 e. The van der Waals surface area contributed by atoms with Crippen LogP contribution in [-0.4, -0.2) is 16.4 Å². The van der Waals surface area contributed by atoms with Crippen molar-refractivity contribution in [2.75, 3.05) is 4.90 Å². The van der Waals surface area contributed by atoms with Gasteiger partial charge in [-0.2, -0.15) is 0 Å². The second kappa shape index (κ2) is 9.91. The Hall–Kier alpha value is -5.07. The first-order valence-corrected chi connectivity index (χ1v) is 13.9. The number of nitrogens with zero attached hydrogens (tertiary/aromatic N) is 3. The number of amides is 2. The Kier molecular flexibility index (Phi) is 5.95. The van der Waals surface area contributed by atoms with Crippen molar-refractivity contribution in [1.82, 2.24) is 4.57 Å². The zero-order chi connectivity index (χ0) is 27.1. The van der Waals surface area contributed by atoms with Crippen LogP contribution in [-0.2, 0) is 6.54 Å². The van der Waals surface area contributed by atoms with Crippen LogP contribution in [0.3, 0.4) is 0 Å². The summed E-state index contributed by atoms with van der Waals surface area (Å²) in [6.45, 7) is 0.626. The van der Waals surface area contributed by atoms with Gasteiger partial charge in [-0.25, -0.2) is 9.89 Å². The van der Waals surface area contributed by atoms with E-state index in [0.717, 1.165) is 38.1 Å². The Labute approximate surface area is 234 Å². The number of anilines is 1. The molecule has 40 heavy (non-hydrogen) atoms. The number of benzene rings is 5. The number of hydrogen-bond acceptors (Lipinski definition) is 4. The van der Waals surface area contributed by atoms with E-state index in [-0.39, 0.29) is 11.8 Å². The lowest BCUT2D eigenvalue weighted by Gasteiger charge is -2.16. The minimum absolute atomic E-state index is 0.299. The normalized spacial score (nSPS) is 13.3. The lowest BCUT2D eigenvalue weighted by molar-refractivity contribution is 0.0926. The zero-order valence-corrected chi connectivity index (χ0v) is 22.2. The summed E-state index contributed by atoms with van der Waals surface area (Å²) in [5.41, 5.74) is 5.35. The van der Waals surface area contributed by atoms with Crippen LogP contribution in [0.15, 0.2) is 132 Å². The molecule has 6 heteroatoms. The summed E-state index contributed by atoms with van der Waals surface area (Å²) in [6, 6.07) is 39.3. The summed E-state index contributed by atoms with van der Waals surface area (Å²) in [4.78, 5) is 33.6. The highest BCUT2D eigenvalue weighted by atomic mass is 32.1. The van der Waals surface area contributed by atoms with Crippen molar-refractivity contribution in [3.63, 3.8) is 0 Å². The van der Waals surface area contributed by atoms with Crippen LogP contribution in [0.5, 0.6) is 0 Å². The van der Waals surface area contributed by atoms with E-state index in [2.05, 4.69) is 40.3 Å². The fourth-order valence-corrected chi connectivity index (χ4v) is 6.13. The van der Waals surface area contributed by atoms with Gasteiger partial charge >= 0.3 is 0 Å². The number of imide groups is 1. The standard InChI is InChI=1S/C34H23N3O2S/c38-32-28-17-6-7-18-29(28)33(39)37(32)26-15-8-14-25(20-26)31-22-40-34(36(31)21-23-10-2-1-3-11-23)35-30-19-9-13-24-12-4-5-16-27(24)30/h1-20,22H,21H2. The minimum Gasteiger partial charge on any atom is -0.312 e. The molecule has 1 aromatic heterocycles. The lowest BCUT2D eigenvalue weighted by atomic mass is 10.1. The molecule has 2 amide bonds. The highest BCUT2D eigenvalue weighted by Gasteiger charge is 2.36. The van der Waals surface area contributed by atoms with Crippen molar-refractivity contribution >= 4 is 45.3 Å². The topological polar surface area (TPSA) is 54.7 Å². The fraction of sp³-hybridized carbons (Fsp3) is 0.0294. The number of hydrogen-bond donors (Lipinski definition) is 0. The molecular formula is C34H23N3O2S. The molecule has 0 aliphatic carbocycles. The van der Waals surface area contributed by atoms with Gasteiger partial charge in [0, 0.05) is 16.3 Å². The zero-order valence-electron chi connectivity index (χ0n) is 21.4. The third-order valence-electron chi connectivity index (χ3n) is 7.16. The van der Waals surface area contributed by atoms with Crippen LogP contribution in [0, 0.1) is 0 Å². The Morgan fingerprint density at radius 2 is 1.35 bits per heavy atom. The summed E-state index contributed by atoms with van der Waals surface area (Å²) in [5, 5.41) is 4.33. The molecule has 1 aliphatic heterocycles. The molecule has 1 aliphatic rings. The molecule has 2 heterocycles. The Bertz CT molecular complexity index is 1950. The van der Waals surface area contributed by atoms with E-state index >= 15 is 0 Å². The highest BCUT2D eigenvalue weighted by molar-refractivity contribution is 7.07. The van der Waals surface area contributed by atoms with Crippen molar-refractivity contribution in [1.29, 1.82) is 0 Å². The van der Waals surface area contributed by atoms with Crippen molar-refractivity contribution < 1.29 is 9.59 Å². The number of carbonyl (C=O) groups excluding carboxylic acids is 2. The third-order valence-corrected chi connectivity index (χ3v) is 8.02. The minimum atomic E-state index is -0.299. The van der Waals surface area contributed by atoms with Gasteiger partial charge in [0.2, 0.25) is 0 Å². The molecule has 7 rings (SSSR count). The van der Waals surface area contributed by atoms with Gasteiger partial charge in [0.05, 0.1) is 34.7 Å². The molecule has 6 aromatic rings. The SMILES string of the molecule is O=C1c2ccccc2C(=O)N1c1cccc(-c2csc(=Nc3cccc4ccccc34)n2Cc2ccccc2)c1. The van der Waals surface area contributed by atoms with Crippen molar-refractivity contribution in [2.24, 2.45) is 4.99 Å². The van der Waals surface area contributed by atoms with E-state index in [9.17, 15) is 9.59 Å². The number of rotatable bonds is 5.